The number of aromatic nitrogens is 2. The molecule has 20 heavy (non-hydrogen) atoms. The minimum absolute atomic E-state index is 0.433. The molecule has 0 spiro atoms. The van der Waals surface area contributed by atoms with Gasteiger partial charge in [-0.3, -0.25) is 0 Å². The predicted octanol–water partition coefficient (Wildman–Crippen LogP) is 2.40. The minimum atomic E-state index is 0.433. The van der Waals surface area contributed by atoms with E-state index in [1.807, 2.05) is 19.1 Å². The Morgan fingerprint density at radius 1 is 1.55 bits per heavy atom. The first kappa shape index (κ1) is 13.4. The smallest absolute Gasteiger partial charge is 0.147 e. The van der Waals surface area contributed by atoms with Gasteiger partial charge in [-0.25, -0.2) is 4.98 Å². The molecule has 1 aliphatic rings. The van der Waals surface area contributed by atoms with Gasteiger partial charge in [0.15, 0.2) is 0 Å². The van der Waals surface area contributed by atoms with E-state index in [-0.39, 0.29) is 0 Å². The third-order valence-electron chi connectivity index (χ3n) is 3.66. The van der Waals surface area contributed by atoms with Gasteiger partial charge < -0.3 is 14.7 Å². The molecular weight excluding hydrogens is 276 g/mol. The first-order valence-corrected chi connectivity index (χ1v) is 7.10. The zero-order valence-electron chi connectivity index (χ0n) is 11.3. The van der Waals surface area contributed by atoms with Crippen molar-refractivity contribution in [1.29, 1.82) is 0 Å². The molecule has 0 aromatic carbocycles. The van der Waals surface area contributed by atoms with Crippen LogP contribution in [0.15, 0.2) is 29.1 Å². The van der Waals surface area contributed by atoms with E-state index in [1.54, 1.807) is 12.5 Å². The summed E-state index contributed by atoms with van der Waals surface area (Å²) in [6, 6.07) is 4.17. The van der Waals surface area contributed by atoms with Crippen molar-refractivity contribution in [1.82, 2.24) is 15.5 Å². The van der Waals surface area contributed by atoms with E-state index in [9.17, 15) is 0 Å². The Morgan fingerprint density at radius 3 is 3.20 bits per heavy atom. The number of hydrogen-bond acceptors (Lipinski definition) is 5. The molecule has 3 heterocycles. The second-order valence-electron chi connectivity index (χ2n) is 5.05. The summed E-state index contributed by atoms with van der Waals surface area (Å²) >= 11 is 6.19. The minimum Gasteiger partial charge on any atom is -0.364 e. The molecule has 0 aliphatic carbocycles. The van der Waals surface area contributed by atoms with Gasteiger partial charge in [-0.05, 0) is 25.5 Å². The van der Waals surface area contributed by atoms with Gasteiger partial charge in [0.05, 0.1) is 10.7 Å². The van der Waals surface area contributed by atoms with Gasteiger partial charge >= 0.3 is 0 Å². The van der Waals surface area contributed by atoms with Crippen LogP contribution in [0.4, 0.5) is 5.82 Å². The Balaban J connectivity index is 1.57. The molecule has 1 fully saturated rings. The van der Waals surface area contributed by atoms with Gasteiger partial charge in [0.25, 0.3) is 0 Å². The molecule has 0 radical (unpaired) electrons. The van der Waals surface area contributed by atoms with Crippen molar-refractivity contribution in [3.63, 3.8) is 0 Å². The molecule has 0 saturated carbocycles. The quantitative estimate of drug-likeness (QED) is 0.938. The monoisotopic (exact) mass is 292 g/mol. The van der Waals surface area contributed by atoms with E-state index in [2.05, 4.69) is 20.4 Å². The average molecular weight is 293 g/mol. The van der Waals surface area contributed by atoms with Crippen LogP contribution in [-0.4, -0.2) is 29.3 Å². The van der Waals surface area contributed by atoms with Crippen molar-refractivity contribution in [3.8, 4) is 0 Å². The van der Waals surface area contributed by atoms with Gasteiger partial charge in [0, 0.05) is 37.4 Å². The molecule has 1 unspecified atom stereocenters. The standard InChI is InChI=1S/C14H17ClN4O/c1-10-11(9-20-18-10)7-17-12-4-6-19(8-12)14-13(15)3-2-5-16-14/h2-3,5,9,12,17H,4,6-8H2,1H3. The first-order valence-electron chi connectivity index (χ1n) is 6.73. The van der Waals surface area contributed by atoms with E-state index in [1.165, 1.54) is 0 Å². The molecule has 2 aromatic rings. The van der Waals surface area contributed by atoms with Crippen molar-refractivity contribution in [2.75, 3.05) is 18.0 Å². The van der Waals surface area contributed by atoms with Crippen molar-refractivity contribution in [3.05, 3.63) is 40.9 Å². The molecule has 2 aromatic heterocycles. The van der Waals surface area contributed by atoms with Crippen LogP contribution in [0.5, 0.6) is 0 Å². The van der Waals surface area contributed by atoms with Gasteiger partial charge in [0.2, 0.25) is 0 Å². The fourth-order valence-electron chi connectivity index (χ4n) is 2.47. The normalized spacial score (nSPS) is 18.7. The first-order chi connectivity index (χ1) is 9.74. The molecule has 1 aliphatic heterocycles. The highest BCUT2D eigenvalue weighted by Crippen LogP contribution is 2.25. The SMILES string of the molecule is Cc1nocc1CNC1CCN(c2ncccc2Cl)C1. The number of hydrogen-bond donors (Lipinski definition) is 1. The summed E-state index contributed by atoms with van der Waals surface area (Å²) in [5.41, 5.74) is 2.06. The summed E-state index contributed by atoms with van der Waals surface area (Å²) in [6.07, 6.45) is 4.56. The fourth-order valence-corrected chi connectivity index (χ4v) is 2.71. The van der Waals surface area contributed by atoms with E-state index in [4.69, 9.17) is 16.1 Å². The molecule has 0 amide bonds. The van der Waals surface area contributed by atoms with Crippen molar-refractivity contribution >= 4 is 17.4 Å². The zero-order valence-corrected chi connectivity index (χ0v) is 12.1. The van der Waals surface area contributed by atoms with E-state index in [0.717, 1.165) is 43.1 Å². The maximum absolute atomic E-state index is 6.19. The molecule has 1 saturated heterocycles. The van der Waals surface area contributed by atoms with Crippen LogP contribution in [-0.2, 0) is 6.54 Å². The zero-order chi connectivity index (χ0) is 13.9. The van der Waals surface area contributed by atoms with Gasteiger partial charge in [-0.1, -0.05) is 16.8 Å². The second kappa shape index (κ2) is 5.81. The number of nitrogens with zero attached hydrogens (tertiary/aromatic N) is 3. The Morgan fingerprint density at radius 2 is 2.45 bits per heavy atom. The van der Waals surface area contributed by atoms with Crippen molar-refractivity contribution in [2.24, 2.45) is 0 Å². The number of halogens is 1. The average Bonchev–Trinajstić information content (AvgIpc) is 3.06. The molecule has 5 nitrogen and oxygen atoms in total. The molecule has 1 atom stereocenters. The lowest BCUT2D eigenvalue weighted by Gasteiger charge is -2.18. The largest absolute Gasteiger partial charge is 0.364 e. The van der Waals surface area contributed by atoms with E-state index < -0.39 is 0 Å². The Kier molecular flexibility index (Phi) is 3.89. The number of nitrogens with one attached hydrogen (secondary N) is 1. The summed E-state index contributed by atoms with van der Waals surface area (Å²) in [5, 5.41) is 8.13. The van der Waals surface area contributed by atoms with Crippen LogP contribution >= 0.6 is 11.6 Å². The van der Waals surface area contributed by atoms with Crippen LogP contribution < -0.4 is 10.2 Å². The maximum Gasteiger partial charge on any atom is 0.147 e. The lowest BCUT2D eigenvalue weighted by molar-refractivity contribution is 0.413. The van der Waals surface area contributed by atoms with Gasteiger partial charge in [0.1, 0.15) is 12.1 Å². The lowest BCUT2D eigenvalue weighted by atomic mass is 10.2. The number of aryl methyl sites for hydroxylation is 1. The third kappa shape index (κ3) is 2.78. The van der Waals surface area contributed by atoms with Gasteiger partial charge in [-0.2, -0.15) is 0 Å². The molecule has 0 bridgehead atoms. The second-order valence-corrected chi connectivity index (χ2v) is 5.45. The van der Waals surface area contributed by atoms with E-state index >= 15 is 0 Å². The van der Waals surface area contributed by atoms with Crippen LogP contribution in [0, 0.1) is 6.92 Å². The van der Waals surface area contributed by atoms with Crippen molar-refractivity contribution in [2.45, 2.75) is 25.9 Å². The fraction of sp³-hybridized carbons (Fsp3) is 0.429. The summed E-state index contributed by atoms with van der Waals surface area (Å²) in [5.74, 6) is 0.875. The lowest BCUT2D eigenvalue weighted by Crippen LogP contribution is -2.32. The van der Waals surface area contributed by atoms with Crippen LogP contribution in [0.1, 0.15) is 17.7 Å². The van der Waals surface area contributed by atoms with Crippen LogP contribution in [0.3, 0.4) is 0 Å². The highest BCUT2D eigenvalue weighted by Gasteiger charge is 2.24. The summed E-state index contributed by atoms with van der Waals surface area (Å²) in [7, 11) is 0. The topological polar surface area (TPSA) is 54.2 Å². The number of pyridine rings is 1. The van der Waals surface area contributed by atoms with Crippen LogP contribution in [0.2, 0.25) is 5.02 Å². The molecule has 3 rings (SSSR count). The van der Waals surface area contributed by atoms with Gasteiger partial charge in [-0.15, -0.1) is 0 Å². The summed E-state index contributed by atoms with van der Waals surface area (Å²) in [6.45, 7) is 4.62. The molecule has 106 valence electrons. The summed E-state index contributed by atoms with van der Waals surface area (Å²) < 4.78 is 4.94. The third-order valence-corrected chi connectivity index (χ3v) is 3.95. The molecule has 1 N–H and O–H groups in total. The Hall–Kier alpha value is -1.59. The number of anilines is 1. The maximum atomic E-state index is 6.19. The predicted molar refractivity (Wildman–Crippen MR) is 77.9 cm³/mol. The highest BCUT2D eigenvalue weighted by molar-refractivity contribution is 6.32. The molecular formula is C14H17ClN4O. The van der Waals surface area contributed by atoms with E-state index in [0.29, 0.717) is 11.1 Å². The van der Waals surface area contributed by atoms with Crippen LogP contribution in [0.25, 0.3) is 0 Å². The highest BCUT2D eigenvalue weighted by atomic mass is 35.5. The molecule has 6 heteroatoms. The Bertz CT molecular complexity index is 586. The summed E-state index contributed by atoms with van der Waals surface area (Å²) in [4.78, 5) is 6.58. The Labute approximate surface area is 122 Å². The number of rotatable bonds is 4. The van der Waals surface area contributed by atoms with Crippen molar-refractivity contribution < 1.29 is 4.52 Å².